The van der Waals surface area contributed by atoms with Gasteiger partial charge in [0, 0.05) is 0 Å². The molecule has 0 saturated heterocycles. The molecule has 0 amide bonds. The summed E-state index contributed by atoms with van der Waals surface area (Å²) in [5, 5.41) is 9.29. The number of aromatic hydroxyl groups is 1. The zero-order valence-electron chi connectivity index (χ0n) is 7.47. The number of hydrogen-bond acceptors (Lipinski definition) is 4. The number of ether oxygens (including phenoxy) is 1. The summed E-state index contributed by atoms with van der Waals surface area (Å²) in [5.74, 6) is -0.542. The van der Waals surface area contributed by atoms with Gasteiger partial charge in [0.05, 0.1) is 6.61 Å². The number of phenols is 1. The lowest BCUT2D eigenvalue weighted by Crippen LogP contribution is -2.03. The van der Waals surface area contributed by atoms with Crippen LogP contribution in [-0.4, -0.2) is 24.7 Å². The number of phenolic OH excluding ortho intramolecular Hbond substituents is 1. The van der Waals surface area contributed by atoms with E-state index < -0.39 is 15.0 Å². The van der Waals surface area contributed by atoms with E-state index in [1.807, 2.05) is 0 Å². The van der Waals surface area contributed by atoms with Gasteiger partial charge in [0.15, 0.2) is 11.5 Å². The molecule has 0 spiro atoms. The fourth-order valence-electron chi connectivity index (χ4n) is 0.997. The van der Waals surface area contributed by atoms with Crippen molar-refractivity contribution in [2.24, 2.45) is 0 Å². The van der Waals surface area contributed by atoms with E-state index in [0.29, 0.717) is 0 Å². The van der Waals surface area contributed by atoms with Crippen molar-refractivity contribution in [1.82, 2.24) is 0 Å². The molecule has 0 aliphatic carbocycles. The van der Waals surface area contributed by atoms with Crippen molar-refractivity contribution in [3.63, 3.8) is 0 Å². The van der Waals surface area contributed by atoms with E-state index in [-0.39, 0.29) is 18.1 Å². The van der Waals surface area contributed by atoms with Gasteiger partial charge >= 0.3 is 0 Å². The summed E-state index contributed by atoms with van der Waals surface area (Å²) in [6.45, 7) is 1.83. The maximum atomic E-state index is 10.8. The van der Waals surface area contributed by atoms with Crippen molar-refractivity contribution in [1.29, 1.82) is 0 Å². The molecule has 1 rings (SSSR count). The average molecular weight is 218 g/mol. The van der Waals surface area contributed by atoms with Gasteiger partial charge in [0.1, 0.15) is 4.90 Å². The molecule has 0 unspecified atom stereocenters. The molecule has 0 radical (unpaired) electrons. The summed E-state index contributed by atoms with van der Waals surface area (Å²) in [6.07, 6.45) is 0. The van der Waals surface area contributed by atoms with E-state index >= 15 is 0 Å². The Morgan fingerprint density at radius 3 is 2.57 bits per heavy atom. The summed E-state index contributed by atoms with van der Waals surface area (Å²) in [7, 11) is -4.36. The van der Waals surface area contributed by atoms with Gasteiger partial charge in [-0.1, -0.05) is 6.07 Å². The molecule has 2 N–H and O–H groups in total. The first-order valence-corrected chi connectivity index (χ1v) is 5.33. The van der Waals surface area contributed by atoms with Crippen molar-refractivity contribution in [3.05, 3.63) is 18.2 Å². The Labute approximate surface area is 81.7 Å². The molecule has 0 bridgehead atoms. The molecule has 5 nitrogen and oxygen atoms in total. The first kappa shape index (κ1) is 10.8. The highest BCUT2D eigenvalue weighted by Crippen LogP contribution is 2.32. The summed E-state index contributed by atoms with van der Waals surface area (Å²) >= 11 is 0. The third-order valence-corrected chi connectivity index (χ3v) is 2.40. The van der Waals surface area contributed by atoms with Crippen molar-refractivity contribution in [2.45, 2.75) is 11.8 Å². The molecular weight excluding hydrogens is 208 g/mol. The fourth-order valence-corrected chi connectivity index (χ4v) is 1.65. The first-order chi connectivity index (χ1) is 6.46. The molecule has 0 fully saturated rings. The minimum absolute atomic E-state index is 0.195. The minimum Gasteiger partial charge on any atom is -0.504 e. The zero-order chi connectivity index (χ0) is 10.8. The van der Waals surface area contributed by atoms with E-state index in [9.17, 15) is 13.5 Å². The lowest BCUT2D eigenvalue weighted by Gasteiger charge is -2.08. The van der Waals surface area contributed by atoms with Gasteiger partial charge < -0.3 is 9.84 Å². The van der Waals surface area contributed by atoms with E-state index in [0.717, 1.165) is 6.07 Å². The van der Waals surface area contributed by atoms with E-state index in [4.69, 9.17) is 9.29 Å². The SMILES string of the molecule is CCOc1c(O)cccc1S(=O)(=O)O. The highest BCUT2D eigenvalue weighted by atomic mass is 32.2. The maximum absolute atomic E-state index is 10.8. The van der Waals surface area contributed by atoms with Crippen LogP contribution in [0.5, 0.6) is 11.5 Å². The molecule has 6 heteroatoms. The van der Waals surface area contributed by atoms with Crippen LogP contribution in [-0.2, 0) is 10.1 Å². The monoisotopic (exact) mass is 218 g/mol. The van der Waals surface area contributed by atoms with Crippen LogP contribution in [0.1, 0.15) is 6.92 Å². The summed E-state index contributed by atoms with van der Waals surface area (Å²) in [4.78, 5) is -0.431. The van der Waals surface area contributed by atoms with Crippen LogP contribution in [0.2, 0.25) is 0 Å². The molecule has 1 aromatic rings. The van der Waals surface area contributed by atoms with Crippen molar-refractivity contribution < 1.29 is 22.8 Å². The minimum atomic E-state index is -4.36. The van der Waals surface area contributed by atoms with Gasteiger partial charge in [0.2, 0.25) is 0 Å². The first-order valence-electron chi connectivity index (χ1n) is 3.89. The van der Waals surface area contributed by atoms with Crippen molar-refractivity contribution in [3.8, 4) is 11.5 Å². The smallest absolute Gasteiger partial charge is 0.298 e. The fraction of sp³-hybridized carbons (Fsp3) is 0.250. The molecule has 0 aliphatic heterocycles. The molecule has 78 valence electrons. The Hall–Kier alpha value is -1.27. The van der Waals surface area contributed by atoms with Crippen LogP contribution < -0.4 is 4.74 Å². The Kier molecular flexibility index (Phi) is 2.97. The number of hydrogen-bond donors (Lipinski definition) is 2. The highest BCUT2D eigenvalue weighted by Gasteiger charge is 2.19. The van der Waals surface area contributed by atoms with Gasteiger partial charge in [-0.3, -0.25) is 4.55 Å². The lowest BCUT2D eigenvalue weighted by molar-refractivity contribution is 0.307. The Balaban J connectivity index is 3.36. The van der Waals surface area contributed by atoms with Crippen LogP contribution in [0.3, 0.4) is 0 Å². The number of rotatable bonds is 3. The van der Waals surface area contributed by atoms with Crippen LogP contribution in [0, 0.1) is 0 Å². The molecule has 0 aliphatic rings. The highest BCUT2D eigenvalue weighted by molar-refractivity contribution is 7.86. The predicted molar refractivity (Wildman–Crippen MR) is 49.1 cm³/mol. The largest absolute Gasteiger partial charge is 0.504 e. The maximum Gasteiger partial charge on any atom is 0.298 e. The zero-order valence-corrected chi connectivity index (χ0v) is 8.28. The summed E-state index contributed by atoms with van der Waals surface area (Å²) in [5.41, 5.74) is 0. The van der Waals surface area contributed by atoms with Gasteiger partial charge in [-0.15, -0.1) is 0 Å². The predicted octanol–water partition coefficient (Wildman–Crippen LogP) is 1.04. The van der Waals surface area contributed by atoms with Gasteiger partial charge in [-0.25, -0.2) is 0 Å². The van der Waals surface area contributed by atoms with Crippen LogP contribution >= 0.6 is 0 Å². The average Bonchev–Trinajstić information content (AvgIpc) is 2.07. The number of para-hydroxylation sites is 1. The Morgan fingerprint density at radius 1 is 1.43 bits per heavy atom. The van der Waals surface area contributed by atoms with Crippen LogP contribution in [0.15, 0.2) is 23.1 Å². The van der Waals surface area contributed by atoms with Crippen molar-refractivity contribution in [2.75, 3.05) is 6.61 Å². The van der Waals surface area contributed by atoms with Gasteiger partial charge in [-0.2, -0.15) is 8.42 Å². The molecule has 0 saturated carbocycles. The third-order valence-electron chi connectivity index (χ3n) is 1.52. The second-order valence-corrected chi connectivity index (χ2v) is 3.90. The third kappa shape index (κ3) is 2.15. The number of benzene rings is 1. The standard InChI is InChI=1S/C8H10O5S/c1-2-13-8-6(9)4-3-5-7(8)14(10,11)12/h3-5,9H,2H2,1H3,(H,10,11,12). The molecule has 0 atom stereocenters. The molecule has 0 aromatic heterocycles. The van der Waals surface area contributed by atoms with Crippen molar-refractivity contribution >= 4 is 10.1 Å². The lowest BCUT2D eigenvalue weighted by atomic mass is 10.3. The summed E-state index contributed by atoms with van der Waals surface area (Å²) in [6, 6.07) is 3.74. The molecule has 0 heterocycles. The normalized spacial score (nSPS) is 11.3. The second kappa shape index (κ2) is 3.85. The molecular formula is C8H10O5S. The molecule has 14 heavy (non-hydrogen) atoms. The van der Waals surface area contributed by atoms with E-state index in [1.54, 1.807) is 6.92 Å². The van der Waals surface area contributed by atoms with Crippen LogP contribution in [0.4, 0.5) is 0 Å². The van der Waals surface area contributed by atoms with Gasteiger partial charge in [0.25, 0.3) is 10.1 Å². The topological polar surface area (TPSA) is 83.8 Å². The Bertz CT molecular complexity index is 423. The quantitative estimate of drug-likeness (QED) is 0.740. The van der Waals surface area contributed by atoms with Gasteiger partial charge in [-0.05, 0) is 19.1 Å². The second-order valence-electron chi connectivity index (χ2n) is 2.51. The summed E-state index contributed by atoms with van der Waals surface area (Å²) < 4.78 is 35.4. The Morgan fingerprint density at radius 2 is 2.07 bits per heavy atom. The van der Waals surface area contributed by atoms with E-state index in [2.05, 4.69) is 0 Å². The van der Waals surface area contributed by atoms with Crippen LogP contribution in [0.25, 0.3) is 0 Å². The van der Waals surface area contributed by atoms with E-state index in [1.165, 1.54) is 12.1 Å². The molecule has 1 aromatic carbocycles.